The average molecular weight is 407 g/mol. The molecule has 29 heavy (non-hydrogen) atoms. The molecule has 0 radical (unpaired) electrons. The Morgan fingerprint density at radius 3 is 2.17 bits per heavy atom. The number of carbonyl (C=O) groups is 1. The molecule has 3 rings (SSSR count). The van der Waals surface area contributed by atoms with Crippen molar-refractivity contribution in [2.45, 2.75) is 50.8 Å². The molecule has 0 heterocycles. The van der Waals surface area contributed by atoms with Gasteiger partial charge in [-0.3, -0.25) is 4.79 Å². The van der Waals surface area contributed by atoms with Crippen LogP contribution in [0.15, 0.2) is 36.4 Å². The molecule has 156 valence electrons. The van der Waals surface area contributed by atoms with Gasteiger partial charge in [-0.15, -0.1) is 0 Å². The van der Waals surface area contributed by atoms with Crippen LogP contribution in [0.3, 0.4) is 0 Å². The van der Waals surface area contributed by atoms with E-state index in [-0.39, 0.29) is 5.56 Å². The topological polar surface area (TPSA) is 58.6 Å². The molecule has 1 unspecified atom stereocenters. The van der Waals surface area contributed by atoms with Crippen molar-refractivity contribution in [1.29, 1.82) is 0 Å². The van der Waals surface area contributed by atoms with E-state index in [1.165, 1.54) is 24.8 Å². The molecular formula is C22H24F3NO3. The lowest BCUT2D eigenvalue weighted by Crippen LogP contribution is -2.39. The molecule has 0 saturated heterocycles. The Kier molecular flexibility index (Phi) is 5.89. The fourth-order valence-corrected chi connectivity index (χ4v) is 3.53. The Balaban J connectivity index is 1.83. The highest BCUT2D eigenvalue weighted by atomic mass is 19.4. The van der Waals surface area contributed by atoms with E-state index in [1.807, 2.05) is 12.1 Å². The van der Waals surface area contributed by atoms with Crippen molar-refractivity contribution in [3.63, 3.8) is 0 Å². The zero-order chi connectivity index (χ0) is 21.2. The Bertz CT molecular complexity index is 889. The first-order chi connectivity index (χ1) is 13.6. The average Bonchev–Trinajstić information content (AvgIpc) is 2.91. The maximum Gasteiger partial charge on any atom is 0.421 e. The Morgan fingerprint density at radius 2 is 1.62 bits per heavy atom. The molecular weight excluding hydrogens is 383 g/mol. The number of ether oxygens (including phenoxy) is 1. The van der Waals surface area contributed by atoms with Gasteiger partial charge in [0.2, 0.25) is 0 Å². The van der Waals surface area contributed by atoms with Crippen molar-refractivity contribution in [1.82, 2.24) is 0 Å². The summed E-state index contributed by atoms with van der Waals surface area (Å²) < 4.78 is 44.3. The lowest BCUT2D eigenvalue weighted by Gasteiger charge is -2.26. The minimum absolute atomic E-state index is 0.300. The SMILES string of the molecule is COc1cc2c(cc1C(=O)Nc1ccc(C(C)(O)C(F)(F)F)cc1)CCCCC2. The quantitative estimate of drug-likeness (QED) is 0.703. The number of anilines is 1. The second-order valence-electron chi connectivity index (χ2n) is 7.48. The van der Waals surface area contributed by atoms with Crippen molar-refractivity contribution in [2.24, 2.45) is 0 Å². The fourth-order valence-electron chi connectivity index (χ4n) is 3.53. The lowest BCUT2D eigenvalue weighted by molar-refractivity contribution is -0.258. The summed E-state index contributed by atoms with van der Waals surface area (Å²) in [6.45, 7) is 0.696. The maximum atomic E-state index is 13.0. The number of fused-ring (bicyclic) bond motifs is 1. The summed E-state index contributed by atoms with van der Waals surface area (Å²) in [6, 6.07) is 8.72. The first kappa shape index (κ1) is 21.2. The first-order valence-electron chi connectivity index (χ1n) is 9.54. The van der Waals surface area contributed by atoms with Crippen molar-refractivity contribution in [2.75, 3.05) is 12.4 Å². The van der Waals surface area contributed by atoms with E-state index in [2.05, 4.69) is 5.32 Å². The molecule has 0 bridgehead atoms. The Hall–Kier alpha value is -2.54. The number of amides is 1. The molecule has 0 fully saturated rings. The van der Waals surface area contributed by atoms with Crippen LogP contribution in [0.4, 0.5) is 18.9 Å². The van der Waals surface area contributed by atoms with Crippen LogP contribution in [0.25, 0.3) is 0 Å². The number of aryl methyl sites for hydroxylation is 2. The van der Waals surface area contributed by atoms with Gasteiger partial charge in [-0.05, 0) is 73.6 Å². The van der Waals surface area contributed by atoms with E-state index in [0.717, 1.165) is 49.8 Å². The summed E-state index contributed by atoms with van der Waals surface area (Å²) in [4.78, 5) is 12.8. The van der Waals surface area contributed by atoms with Gasteiger partial charge in [0, 0.05) is 5.69 Å². The molecule has 7 heteroatoms. The molecule has 0 aliphatic heterocycles. The summed E-state index contributed by atoms with van der Waals surface area (Å²) >= 11 is 0. The number of methoxy groups -OCH3 is 1. The summed E-state index contributed by atoms with van der Waals surface area (Å²) in [5.74, 6) is 0.0732. The van der Waals surface area contributed by atoms with E-state index in [9.17, 15) is 23.1 Å². The predicted molar refractivity (Wildman–Crippen MR) is 104 cm³/mol. The zero-order valence-electron chi connectivity index (χ0n) is 16.4. The highest BCUT2D eigenvalue weighted by Gasteiger charge is 2.51. The number of benzene rings is 2. The Morgan fingerprint density at radius 1 is 1.03 bits per heavy atom. The smallest absolute Gasteiger partial charge is 0.421 e. The van der Waals surface area contributed by atoms with Crippen LogP contribution in [0.5, 0.6) is 5.75 Å². The standard InChI is InChI=1S/C22H24F3NO3/c1-21(28,22(23,24)25)16-8-10-17(11-9-16)26-20(27)18-12-14-6-4-3-5-7-15(14)13-19(18)29-2/h8-13,28H,3-7H2,1-2H3,(H,26,27). The Labute approximate surface area is 167 Å². The van der Waals surface area contributed by atoms with Crippen LogP contribution >= 0.6 is 0 Å². The summed E-state index contributed by atoms with van der Waals surface area (Å²) in [5.41, 5.74) is -0.228. The van der Waals surface area contributed by atoms with Crippen molar-refractivity contribution >= 4 is 11.6 Å². The third kappa shape index (κ3) is 4.40. The van der Waals surface area contributed by atoms with Crippen LogP contribution in [-0.2, 0) is 18.4 Å². The van der Waals surface area contributed by atoms with Crippen LogP contribution in [0, 0.1) is 0 Å². The lowest BCUT2D eigenvalue weighted by atomic mass is 9.95. The number of hydrogen-bond acceptors (Lipinski definition) is 3. The van der Waals surface area contributed by atoms with Crippen LogP contribution in [-0.4, -0.2) is 24.3 Å². The maximum absolute atomic E-state index is 13.0. The van der Waals surface area contributed by atoms with E-state index < -0.39 is 17.7 Å². The van der Waals surface area contributed by atoms with E-state index in [1.54, 1.807) is 0 Å². The number of alkyl halides is 3. The third-order valence-corrected chi connectivity index (χ3v) is 5.42. The van der Waals surface area contributed by atoms with Gasteiger partial charge in [0.25, 0.3) is 5.91 Å². The molecule has 0 spiro atoms. The van der Waals surface area contributed by atoms with Crippen LogP contribution in [0.1, 0.15) is 53.2 Å². The predicted octanol–water partition coefficient (Wildman–Crippen LogP) is 4.99. The normalized spacial score (nSPS) is 16.3. The summed E-state index contributed by atoms with van der Waals surface area (Å²) in [7, 11) is 1.50. The van der Waals surface area contributed by atoms with Gasteiger partial charge in [0.15, 0.2) is 5.60 Å². The number of nitrogens with one attached hydrogen (secondary N) is 1. The van der Waals surface area contributed by atoms with Gasteiger partial charge >= 0.3 is 6.18 Å². The molecule has 1 aliphatic rings. The van der Waals surface area contributed by atoms with Gasteiger partial charge in [-0.1, -0.05) is 18.6 Å². The third-order valence-electron chi connectivity index (χ3n) is 5.42. The van der Waals surface area contributed by atoms with Gasteiger partial charge in [-0.25, -0.2) is 0 Å². The van der Waals surface area contributed by atoms with Gasteiger partial charge < -0.3 is 15.2 Å². The number of hydrogen-bond donors (Lipinski definition) is 2. The van der Waals surface area contributed by atoms with E-state index in [0.29, 0.717) is 23.9 Å². The second kappa shape index (κ2) is 8.06. The minimum Gasteiger partial charge on any atom is -0.496 e. The second-order valence-corrected chi connectivity index (χ2v) is 7.48. The van der Waals surface area contributed by atoms with E-state index >= 15 is 0 Å². The molecule has 2 aromatic rings. The molecule has 2 aromatic carbocycles. The molecule has 0 saturated carbocycles. The summed E-state index contributed by atoms with van der Waals surface area (Å²) in [6.07, 6.45) is 0.380. The minimum atomic E-state index is -4.80. The molecule has 1 amide bonds. The first-order valence-corrected chi connectivity index (χ1v) is 9.54. The van der Waals surface area contributed by atoms with Crippen LogP contribution in [0.2, 0.25) is 0 Å². The van der Waals surface area contributed by atoms with Crippen molar-refractivity contribution in [3.8, 4) is 5.75 Å². The molecule has 2 N–H and O–H groups in total. The highest BCUT2D eigenvalue weighted by molar-refractivity contribution is 6.06. The largest absolute Gasteiger partial charge is 0.496 e. The molecule has 4 nitrogen and oxygen atoms in total. The molecule has 1 atom stereocenters. The van der Waals surface area contributed by atoms with E-state index in [4.69, 9.17) is 4.74 Å². The zero-order valence-corrected chi connectivity index (χ0v) is 16.4. The van der Waals surface area contributed by atoms with Crippen molar-refractivity contribution in [3.05, 3.63) is 58.7 Å². The number of halogens is 3. The van der Waals surface area contributed by atoms with Gasteiger partial charge in [0.05, 0.1) is 12.7 Å². The summed E-state index contributed by atoms with van der Waals surface area (Å²) in [5, 5.41) is 12.4. The molecule has 1 aliphatic carbocycles. The van der Waals surface area contributed by atoms with Crippen molar-refractivity contribution < 1.29 is 27.8 Å². The number of aliphatic hydroxyl groups is 1. The van der Waals surface area contributed by atoms with Gasteiger partial charge in [0.1, 0.15) is 5.75 Å². The highest BCUT2D eigenvalue weighted by Crippen LogP contribution is 2.38. The van der Waals surface area contributed by atoms with Crippen LogP contribution < -0.4 is 10.1 Å². The van der Waals surface area contributed by atoms with Gasteiger partial charge in [-0.2, -0.15) is 13.2 Å². The molecule has 0 aromatic heterocycles. The fraction of sp³-hybridized carbons (Fsp3) is 0.409. The number of rotatable bonds is 4. The monoisotopic (exact) mass is 407 g/mol. The number of carbonyl (C=O) groups excluding carboxylic acids is 1.